The maximum atomic E-state index is 12.8. The van der Waals surface area contributed by atoms with Crippen molar-refractivity contribution in [2.24, 2.45) is 0 Å². The number of ketones is 1. The smallest absolute Gasteiger partial charge is 0.338 e. The van der Waals surface area contributed by atoms with Crippen LogP contribution in [0, 0.1) is 0 Å². The van der Waals surface area contributed by atoms with Gasteiger partial charge in [-0.3, -0.25) is 28.5 Å². The van der Waals surface area contributed by atoms with Gasteiger partial charge in [0.15, 0.2) is 5.78 Å². The molecular weight excluding hydrogens is 1490 g/mol. The van der Waals surface area contributed by atoms with Gasteiger partial charge in [0, 0.05) is 89.6 Å². The summed E-state index contributed by atoms with van der Waals surface area (Å²) in [5.74, 6) is -1.93. The van der Waals surface area contributed by atoms with Crippen molar-refractivity contribution in [3.63, 3.8) is 0 Å². The Morgan fingerprint density at radius 3 is 1.31 bits per heavy atom. The van der Waals surface area contributed by atoms with Crippen LogP contribution in [0.5, 0.6) is 0 Å². The summed E-state index contributed by atoms with van der Waals surface area (Å²) in [5, 5.41) is 9.96. The Morgan fingerprint density at radius 1 is 0.495 bits per heavy atom. The first-order valence-electron chi connectivity index (χ1n) is 29.7. The van der Waals surface area contributed by atoms with Gasteiger partial charge in [0.25, 0.3) is 5.24 Å². The molecule has 0 bridgehead atoms. The van der Waals surface area contributed by atoms with E-state index in [1.54, 1.807) is 139 Å². The van der Waals surface area contributed by atoms with Gasteiger partial charge in [-0.15, -0.1) is 0 Å². The van der Waals surface area contributed by atoms with Crippen LogP contribution in [0.3, 0.4) is 0 Å². The lowest BCUT2D eigenvalue weighted by Crippen LogP contribution is -2.16. The maximum absolute atomic E-state index is 12.8. The average molecular weight is 1560 g/mol. The highest BCUT2D eigenvalue weighted by atomic mass is 79.9. The number of nitrogens with one attached hydrogen (secondary N) is 6. The number of carbonyl (C=O) groups is 5. The summed E-state index contributed by atoms with van der Waals surface area (Å²) in [6.07, 6.45) is 9.01. The van der Waals surface area contributed by atoms with E-state index in [0.717, 1.165) is 20.0 Å². The molecule has 0 atom stereocenters. The lowest BCUT2D eigenvalue weighted by atomic mass is 10.0. The number of H-pyrrole nitrogens is 2. The van der Waals surface area contributed by atoms with E-state index in [2.05, 4.69) is 70.7 Å². The number of rotatable bonds is 24. The van der Waals surface area contributed by atoms with Gasteiger partial charge in [-0.05, 0) is 186 Å². The third-order valence-electron chi connectivity index (χ3n) is 12.2. The second kappa shape index (κ2) is 39.5. The minimum atomic E-state index is -3.40. The van der Waals surface area contributed by atoms with Gasteiger partial charge in [0.2, 0.25) is 40.1 Å². The van der Waals surface area contributed by atoms with Gasteiger partial charge in [-0.25, -0.2) is 58.0 Å². The number of benzene rings is 5. The van der Waals surface area contributed by atoms with Gasteiger partial charge in [0.05, 0.1) is 52.9 Å². The van der Waals surface area contributed by atoms with Crippen LogP contribution >= 0.6 is 43.5 Å². The molecule has 5 aromatic carbocycles. The van der Waals surface area contributed by atoms with Crippen LogP contribution in [0.2, 0.25) is 0 Å². The van der Waals surface area contributed by atoms with E-state index >= 15 is 0 Å². The summed E-state index contributed by atoms with van der Waals surface area (Å²) in [6.45, 7) is 11.3. The number of nitrogens with zero attached hydrogens (tertiary/aromatic N) is 2. The first kappa shape index (κ1) is 80.7. The number of anilines is 5. The number of hydrogen-bond acceptors (Lipinski definition) is 18. The van der Waals surface area contributed by atoms with Crippen molar-refractivity contribution in [3.8, 4) is 0 Å². The highest BCUT2D eigenvalue weighted by Gasteiger charge is 2.18. The Labute approximate surface area is 585 Å². The van der Waals surface area contributed by atoms with Gasteiger partial charge >= 0.3 is 17.9 Å². The standard InChI is InChI=1S/C17H16BrN3O3S.C12H17NO4S.C10H12ClNO3S.C10H13NO4S.C9H11NO2.C7H5BrN2/c1-2-6-25(23,24)21-13-5-3-4-11(7-13)16(22)15-10-20-17-14(15)8-12(18)9-19-17;1-3-8-18(15,16)13-11-7-5-6-10(9-11)12(14)17-4-2;1-2-6-16(14,15)12-9-5-3-4-8(7-9)10(11)13;1-2-6-16(14,15)11-9-5-3-4-8(7-9)10(12)13;1-2-12-9(11)7-4-3-5-8(10)6-7;8-6-3-5-1-2-9-7(5)10-4-6/h3-5,7-10,21H,2,6H2,1H3,(H,19,20);5-7,9,13H,3-4,8H2,1-2H3;3-5,7,12H,2,6H2,1H3;3-5,7,11H,2,6H2,1H3,(H,12,13);3-6H,2,10H2,1H3;1-4H,(H,9,10). The molecule has 0 spiro atoms. The molecule has 9 N–H and O–H groups in total. The lowest BCUT2D eigenvalue weighted by molar-refractivity contribution is 0.0517. The van der Waals surface area contributed by atoms with E-state index in [0.29, 0.717) is 88.3 Å². The van der Waals surface area contributed by atoms with Crippen LogP contribution in [0.1, 0.15) is 125 Å². The van der Waals surface area contributed by atoms with E-state index in [1.807, 2.05) is 24.4 Å². The maximum Gasteiger partial charge on any atom is 0.338 e. The predicted molar refractivity (Wildman–Crippen MR) is 388 cm³/mol. The summed E-state index contributed by atoms with van der Waals surface area (Å²) in [6, 6.07) is 37.0. The van der Waals surface area contributed by atoms with Crippen LogP contribution in [-0.4, -0.2) is 124 Å². The van der Waals surface area contributed by atoms with Crippen LogP contribution in [0.15, 0.2) is 173 Å². The number of carbonyl (C=O) groups excluding carboxylic acids is 4. The molecule has 4 heterocycles. The van der Waals surface area contributed by atoms with Crippen LogP contribution in [0.25, 0.3) is 22.1 Å². The normalized spacial score (nSPS) is 10.9. The quantitative estimate of drug-likeness (QED) is 0.0121. The van der Waals surface area contributed by atoms with Crippen molar-refractivity contribution in [3.05, 3.63) is 207 Å². The van der Waals surface area contributed by atoms with Crippen molar-refractivity contribution in [2.75, 3.05) is 60.8 Å². The highest BCUT2D eigenvalue weighted by Crippen LogP contribution is 2.25. The Morgan fingerprint density at radius 2 is 0.876 bits per heavy atom. The Bertz CT molecular complexity index is 4530. The molecular formula is C65H74Br2ClN9O16S4. The Balaban J connectivity index is 0.000000253. The summed E-state index contributed by atoms with van der Waals surface area (Å²) in [4.78, 5) is 71.3. The number of halogens is 3. The molecule has 97 heavy (non-hydrogen) atoms. The third kappa shape index (κ3) is 28.9. The molecule has 0 unspecified atom stereocenters. The fraction of sp³-hybridized carbons (Fsp3) is 0.246. The van der Waals surface area contributed by atoms with Crippen molar-refractivity contribution in [1.82, 2.24) is 19.9 Å². The molecule has 9 aromatic rings. The molecule has 0 aliphatic carbocycles. The number of carboxylic acid groups (broad SMARTS) is 1. The number of nitrogen functional groups attached to an aromatic ring is 1. The van der Waals surface area contributed by atoms with E-state index in [9.17, 15) is 57.6 Å². The minimum absolute atomic E-state index is 0.0182. The average Bonchev–Trinajstić information content (AvgIpc) is 1.69. The number of carboxylic acids is 1. The van der Waals surface area contributed by atoms with Gasteiger partial charge in [-0.1, -0.05) is 64.1 Å². The van der Waals surface area contributed by atoms with E-state index < -0.39 is 57.3 Å². The third-order valence-corrected chi connectivity index (χ3v) is 19.2. The molecule has 9 rings (SSSR count). The summed E-state index contributed by atoms with van der Waals surface area (Å²) < 4.78 is 114. The molecule has 0 radical (unpaired) electrons. The number of aromatic amines is 2. The number of fused-ring (bicyclic) bond motifs is 2. The second-order valence-electron chi connectivity index (χ2n) is 20.3. The van der Waals surface area contributed by atoms with Gasteiger partial charge in [-0.2, -0.15) is 0 Å². The fourth-order valence-corrected chi connectivity index (χ4v) is 13.5. The van der Waals surface area contributed by atoms with Gasteiger partial charge in [0.1, 0.15) is 11.3 Å². The molecule has 4 aromatic heterocycles. The van der Waals surface area contributed by atoms with Gasteiger partial charge < -0.3 is 30.3 Å². The molecule has 0 saturated heterocycles. The van der Waals surface area contributed by atoms with Crippen molar-refractivity contribution in [1.29, 1.82) is 0 Å². The van der Waals surface area contributed by atoms with Crippen LogP contribution in [0.4, 0.5) is 28.4 Å². The zero-order valence-electron chi connectivity index (χ0n) is 53.5. The number of nitrogens with two attached hydrogens (primary N) is 1. The van der Waals surface area contributed by atoms with E-state index in [-0.39, 0.29) is 58.2 Å². The predicted octanol–water partition coefficient (Wildman–Crippen LogP) is 13.2. The summed E-state index contributed by atoms with van der Waals surface area (Å²) >= 11 is 12.0. The first-order valence-corrected chi connectivity index (χ1v) is 38.2. The first-order chi connectivity index (χ1) is 45.9. The second-order valence-corrected chi connectivity index (χ2v) is 29.8. The zero-order chi connectivity index (χ0) is 71.9. The fourth-order valence-electron chi connectivity index (χ4n) is 8.18. The largest absolute Gasteiger partial charge is 0.478 e. The number of esters is 2. The summed E-state index contributed by atoms with van der Waals surface area (Å²) in [5.41, 5.74) is 11.0. The molecule has 0 aliphatic rings. The number of aromatic carboxylic acids is 1. The minimum Gasteiger partial charge on any atom is -0.478 e. The van der Waals surface area contributed by atoms with Crippen LogP contribution < -0.4 is 24.6 Å². The number of sulfonamides is 4. The lowest BCUT2D eigenvalue weighted by Gasteiger charge is -2.08. The number of ether oxygens (including phenoxy) is 2. The monoisotopic (exact) mass is 1560 g/mol. The SMILES string of the molecule is Brc1cnc2[nH]ccc2c1.CCCS(=O)(=O)Nc1cccc(C(=O)Cl)c1.CCCS(=O)(=O)Nc1cccc(C(=O)O)c1.CCCS(=O)(=O)Nc1cccc(C(=O)OCC)c1.CCCS(=O)(=O)Nc1cccc(C(=O)c2c[nH]c3ncc(Br)cc23)c1.CCOC(=O)c1cccc(N)c1. The molecule has 25 nitrogen and oxygen atoms in total. The topological polar surface area (TPSA) is 392 Å². The van der Waals surface area contributed by atoms with Crippen LogP contribution in [-0.2, 0) is 49.6 Å². The number of pyridine rings is 2. The van der Waals surface area contributed by atoms with Crippen molar-refractivity contribution < 1.29 is 72.2 Å². The molecule has 0 saturated carbocycles. The van der Waals surface area contributed by atoms with Crippen molar-refractivity contribution >= 4 is 163 Å². The Kier molecular flexibility index (Phi) is 32.9. The molecule has 0 fully saturated rings. The van der Waals surface area contributed by atoms with E-state index in [4.69, 9.17) is 31.9 Å². The molecule has 0 amide bonds. The zero-order valence-corrected chi connectivity index (χ0v) is 60.7. The van der Waals surface area contributed by atoms with E-state index in [1.165, 1.54) is 42.5 Å². The number of aromatic nitrogens is 4. The van der Waals surface area contributed by atoms with Crippen molar-refractivity contribution in [2.45, 2.75) is 67.2 Å². The molecule has 520 valence electrons. The molecule has 32 heteroatoms. The Hall–Kier alpha value is -8.72. The molecule has 0 aliphatic heterocycles. The summed E-state index contributed by atoms with van der Waals surface area (Å²) in [7, 11) is -13.4. The highest BCUT2D eigenvalue weighted by molar-refractivity contribution is 9.10. The number of hydrogen-bond donors (Lipinski definition) is 8.